The number of nitrogens with zero attached hydrogens (tertiary/aromatic N) is 4. The molecule has 130 valence electrons. The third-order valence-electron chi connectivity index (χ3n) is 4.75. The number of allylic oxidation sites excluding steroid dienone is 2. The van der Waals surface area contributed by atoms with E-state index in [2.05, 4.69) is 15.4 Å². The molecule has 4 rings (SSSR count). The maximum Gasteiger partial charge on any atom is 0.425 e. The summed E-state index contributed by atoms with van der Waals surface area (Å²) < 4.78 is 41.6. The summed E-state index contributed by atoms with van der Waals surface area (Å²) >= 11 is 0. The van der Waals surface area contributed by atoms with Crippen molar-refractivity contribution in [3.05, 3.63) is 47.1 Å². The second-order valence-corrected chi connectivity index (χ2v) is 6.47. The van der Waals surface area contributed by atoms with Gasteiger partial charge in [0.1, 0.15) is 0 Å². The van der Waals surface area contributed by atoms with Crippen LogP contribution in [-0.2, 0) is 12.6 Å². The van der Waals surface area contributed by atoms with Crippen LogP contribution in [0.15, 0.2) is 35.9 Å². The van der Waals surface area contributed by atoms with E-state index in [4.69, 9.17) is 0 Å². The molecule has 2 unspecified atom stereocenters. The first kappa shape index (κ1) is 16.0. The molecule has 2 aromatic rings. The van der Waals surface area contributed by atoms with E-state index in [0.29, 0.717) is 23.1 Å². The molecule has 1 heterocycles. The lowest BCUT2D eigenvalue weighted by Gasteiger charge is -2.30. The van der Waals surface area contributed by atoms with Gasteiger partial charge in [-0.1, -0.05) is 37.3 Å². The molecule has 1 N–H and O–H groups in total. The number of benzene rings is 1. The third-order valence-corrected chi connectivity index (χ3v) is 4.75. The van der Waals surface area contributed by atoms with Gasteiger partial charge in [0.05, 0.1) is 7.05 Å². The molecule has 8 heteroatoms. The first-order chi connectivity index (χ1) is 11.7. The highest BCUT2D eigenvalue weighted by Gasteiger charge is 2.61. The van der Waals surface area contributed by atoms with E-state index < -0.39 is 11.8 Å². The SMILES string of the molecule is CC1C=CC2=C(C1)c1c(-c3nnn(C)n3)cccc1C2(O)C(F)(F)F. The number of hydrogen-bond acceptors (Lipinski definition) is 4. The summed E-state index contributed by atoms with van der Waals surface area (Å²) in [5, 5.41) is 22.5. The topological polar surface area (TPSA) is 63.8 Å². The summed E-state index contributed by atoms with van der Waals surface area (Å²) in [6, 6.07) is 4.46. The van der Waals surface area contributed by atoms with E-state index >= 15 is 0 Å². The van der Waals surface area contributed by atoms with Crippen LogP contribution in [0.2, 0.25) is 0 Å². The van der Waals surface area contributed by atoms with Crippen LogP contribution in [0.5, 0.6) is 0 Å². The van der Waals surface area contributed by atoms with Crippen LogP contribution >= 0.6 is 0 Å². The number of aromatic nitrogens is 4. The Hall–Kier alpha value is -2.48. The highest BCUT2D eigenvalue weighted by atomic mass is 19.4. The molecule has 1 aromatic heterocycles. The molecule has 0 aliphatic heterocycles. The molecule has 5 nitrogen and oxygen atoms in total. The van der Waals surface area contributed by atoms with E-state index in [1.165, 1.54) is 23.0 Å². The fraction of sp³-hybridized carbons (Fsp3) is 0.353. The van der Waals surface area contributed by atoms with Crippen molar-refractivity contribution in [2.24, 2.45) is 13.0 Å². The monoisotopic (exact) mass is 348 g/mol. The van der Waals surface area contributed by atoms with Crippen molar-refractivity contribution < 1.29 is 18.3 Å². The number of alkyl halides is 3. The Morgan fingerprint density at radius 3 is 2.72 bits per heavy atom. The molecule has 1 aromatic carbocycles. The summed E-state index contributed by atoms with van der Waals surface area (Å²) in [5.74, 6) is 0.310. The van der Waals surface area contributed by atoms with Crippen molar-refractivity contribution in [2.45, 2.75) is 25.1 Å². The van der Waals surface area contributed by atoms with Crippen molar-refractivity contribution in [2.75, 3.05) is 0 Å². The van der Waals surface area contributed by atoms with E-state index in [1.807, 2.05) is 6.92 Å². The smallest absolute Gasteiger partial charge is 0.372 e. The van der Waals surface area contributed by atoms with Gasteiger partial charge in [-0.2, -0.15) is 18.0 Å². The molecule has 0 saturated carbocycles. The third kappa shape index (κ3) is 2.10. The number of hydrogen-bond donors (Lipinski definition) is 1. The number of aliphatic hydroxyl groups is 1. The molecule has 0 spiro atoms. The minimum absolute atomic E-state index is 0.0741. The highest BCUT2D eigenvalue weighted by molar-refractivity contribution is 5.90. The number of tetrazole rings is 1. The Bertz CT molecular complexity index is 928. The van der Waals surface area contributed by atoms with Crippen molar-refractivity contribution in [3.63, 3.8) is 0 Å². The molecule has 0 amide bonds. The zero-order valence-corrected chi connectivity index (χ0v) is 13.5. The van der Waals surface area contributed by atoms with Crippen molar-refractivity contribution in [1.82, 2.24) is 20.2 Å². The summed E-state index contributed by atoms with van der Waals surface area (Å²) in [7, 11) is 1.59. The Kier molecular flexibility index (Phi) is 3.21. The van der Waals surface area contributed by atoms with Gasteiger partial charge in [-0.05, 0) is 28.7 Å². The van der Waals surface area contributed by atoms with Gasteiger partial charge in [0.2, 0.25) is 11.4 Å². The fourth-order valence-electron chi connectivity index (χ4n) is 3.64. The largest absolute Gasteiger partial charge is 0.425 e. The van der Waals surface area contributed by atoms with E-state index in [0.717, 1.165) is 0 Å². The molecule has 2 aliphatic carbocycles. The fourth-order valence-corrected chi connectivity index (χ4v) is 3.64. The Morgan fingerprint density at radius 2 is 2.08 bits per heavy atom. The first-order valence-corrected chi connectivity index (χ1v) is 7.82. The quantitative estimate of drug-likeness (QED) is 0.861. The molecule has 0 radical (unpaired) electrons. The van der Waals surface area contributed by atoms with Crippen molar-refractivity contribution in [1.29, 1.82) is 0 Å². The van der Waals surface area contributed by atoms with Crippen molar-refractivity contribution >= 4 is 5.57 Å². The molecule has 2 atom stereocenters. The Balaban J connectivity index is 2.04. The van der Waals surface area contributed by atoms with E-state index in [1.54, 1.807) is 19.2 Å². The van der Waals surface area contributed by atoms with Gasteiger partial charge >= 0.3 is 6.18 Å². The second kappa shape index (κ2) is 5.01. The summed E-state index contributed by atoms with van der Waals surface area (Å²) in [6.07, 6.45) is -1.33. The van der Waals surface area contributed by atoms with Gasteiger partial charge in [0.15, 0.2) is 0 Å². The number of halogens is 3. The van der Waals surface area contributed by atoms with Crippen LogP contribution in [0.1, 0.15) is 24.5 Å². The lowest BCUT2D eigenvalue weighted by atomic mass is 9.85. The predicted octanol–water partition coefficient (Wildman–Crippen LogP) is 2.99. The number of fused-ring (bicyclic) bond motifs is 2. The van der Waals surface area contributed by atoms with Crippen LogP contribution in [0.4, 0.5) is 13.2 Å². The minimum Gasteiger partial charge on any atom is -0.372 e. The molecular weight excluding hydrogens is 333 g/mol. The maximum atomic E-state index is 13.9. The summed E-state index contributed by atoms with van der Waals surface area (Å²) in [6.45, 7) is 1.92. The number of rotatable bonds is 1. The minimum atomic E-state index is -4.84. The summed E-state index contributed by atoms with van der Waals surface area (Å²) in [5.41, 5.74) is -2.00. The first-order valence-electron chi connectivity index (χ1n) is 7.82. The summed E-state index contributed by atoms with van der Waals surface area (Å²) in [4.78, 5) is 1.25. The molecular formula is C17H15F3N4O. The molecule has 2 aliphatic rings. The zero-order valence-electron chi connectivity index (χ0n) is 13.5. The van der Waals surface area contributed by atoms with Crippen LogP contribution < -0.4 is 0 Å². The van der Waals surface area contributed by atoms with Crippen LogP contribution in [0, 0.1) is 5.92 Å². The van der Waals surface area contributed by atoms with Crippen LogP contribution in [0.25, 0.3) is 17.0 Å². The van der Waals surface area contributed by atoms with E-state index in [9.17, 15) is 18.3 Å². The lowest BCUT2D eigenvalue weighted by Crippen LogP contribution is -2.42. The Labute approximate surface area is 141 Å². The van der Waals surface area contributed by atoms with Crippen LogP contribution in [-0.4, -0.2) is 31.5 Å². The van der Waals surface area contributed by atoms with Gasteiger partial charge in [0.25, 0.3) is 0 Å². The molecule has 0 bridgehead atoms. The standard InChI is InChI=1S/C17H15F3N4O/c1-9-6-7-12-11(8-9)14-10(15-21-23-24(2)22-15)4-3-5-13(14)16(12,25)17(18,19)20/h3-7,9,25H,8H2,1-2H3. The molecule has 0 fully saturated rings. The maximum absolute atomic E-state index is 13.9. The molecule has 25 heavy (non-hydrogen) atoms. The second-order valence-electron chi connectivity index (χ2n) is 6.47. The van der Waals surface area contributed by atoms with Gasteiger partial charge in [-0.15, -0.1) is 10.2 Å². The Morgan fingerprint density at radius 1 is 1.32 bits per heavy atom. The average molecular weight is 348 g/mol. The van der Waals surface area contributed by atoms with Gasteiger partial charge in [0, 0.05) is 16.7 Å². The van der Waals surface area contributed by atoms with E-state index in [-0.39, 0.29) is 22.9 Å². The van der Waals surface area contributed by atoms with Gasteiger partial charge < -0.3 is 5.11 Å². The highest BCUT2D eigenvalue weighted by Crippen LogP contribution is 2.57. The van der Waals surface area contributed by atoms with Crippen LogP contribution in [0.3, 0.4) is 0 Å². The lowest BCUT2D eigenvalue weighted by molar-refractivity contribution is -0.247. The van der Waals surface area contributed by atoms with Gasteiger partial charge in [-0.25, -0.2) is 0 Å². The predicted molar refractivity (Wildman–Crippen MR) is 84.0 cm³/mol. The zero-order chi connectivity index (χ0) is 18.0. The normalized spacial score (nSPS) is 25.3. The number of aryl methyl sites for hydroxylation is 1. The van der Waals surface area contributed by atoms with Gasteiger partial charge in [-0.3, -0.25) is 0 Å². The molecule has 0 saturated heterocycles. The van der Waals surface area contributed by atoms with Crippen molar-refractivity contribution in [3.8, 4) is 11.4 Å². The average Bonchev–Trinajstić information content (AvgIpc) is 3.08.